The van der Waals surface area contributed by atoms with Gasteiger partial charge in [-0.15, -0.1) is 0 Å². The van der Waals surface area contributed by atoms with Crippen LogP contribution in [0.3, 0.4) is 0 Å². The molecule has 1 aliphatic heterocycles. The minimum absolute atomic E-state index is 0.525. The lowest BCUT2D eigenvalue weighted by Gasteiger charge is -2.41. The number of nitrogens with zero attached hydrogens (tertiary/aromatic N) is 2. The molecular weight excluding hydrogens is 284 g/mol. The molecule has 2 aromatic rings. The van der Waals surface area contributed by atoms with Crippen molar-refractivity contribution in [2.75, 3.05) is 31.6 Å². The number of methoxy groups -OCH3 is 1. The summed E-state index contributed by atoms with van der Waals surface area (Å²) in [5.74, 6) is 0.939. The zero-order valence-electron chi connectivity index (χ0n) is 14.3. The fourth-order valence-corrected chi connectivity index (χ4v) is 3.33. The second-order valence-electron chi connectivity index (χ2n) is 6.46. The number of ether oxygens (including phenoxy) is 1. The summed E-state index contributed by atoms with van der Waals surface area (Å²) in [5, 5.41) is 0. The van der Waals surface area contributed by atoms with E-state index in [0.29, 0.717) is 6.04 Å². The molecule has 0 aromatic heterocycles. The van der Waals surface area contributed by atoms with Crippen LogP contribution in [0, 0.1) is 6.92 Å². The molecule has 1 aliphatic rings. The Balaban J connectivity index is 1.62. The predicted molar refractivity (Wildman–Crippen MR) is 96.3 cm³/mol. The van der Waals surface area contributed by atoms with Crippen LogP contribution in [-0.4, -0.2) is 37.7 Å². The first-order valence-electron chi connectivity index (χ1n) is 8.34. The summed E-state index contributed by atoms with van der Waals surface area (Å²) >= 11 is 0. The van der Waals surface area contributed by atoms with Gasteiger partial charge in [-0.25, -0.2) is 0 Å². The normalized spacial score (nSPS) is 18.9. The van der Waals surface area contributed by atoms with E-state index in [1.54, 1.807) is 7.11 Å². The number of rotatable bonds is 4. The maximum atomic E-state index is 5.32. The first kappa shape index (κ1) is 15.9. The Bertz CT molecular complexity index is 638. The van der Waals surface area contributed by atoms with E-state index in [2.05, 4.69) is 66.1 Å². The van der Waals surface area contributed by atoms with Gasteiger partial charge in [0.25, 0.3) is 0 Å². The van der Waals surface area contributed by atoms with Crippen molar-refractivity contribution < 1.29 is 4.74 Å². The van der Waals surface area contributed by atoms with Crippen LogP contribution in [0.25, 0.3) is 0 Å². The highest BCUT2D eigenvalue weighted by Gasteiger charge is 2.23. The van der Waals surface area contributed by atoms with Crippen molar-refractivity contribution in [3.63, 3.8) is 0 Å². The summed E-state index contributed by atoms with van der Waals surface area (Å²) < 4.78 is 5.32. The Kier molecular flexibility index (Phi) is 4.87. The molecule has 0 spiro atoms. The lowest BCUT2D eigenvalue weighted by molar-refractivity contribution is 0.221. The molecule has 23 heavy (non-hydrogen) atoms. The van der Waals surface area contributed by atoms with Crippen LogP contribution in [0.1, 0.15) is 18.1 Å². The summed E-state index contributed by atoms with van der Waals surface area (Å²) in [6.45, 7) is 8.70. The smallest absolute Gasteiger partial charge is 0.119 e. The van der Waals surface area contributed by atoms with Crippen LogP contribution in [0.5, 0.6) is 5.75 Å². The molecule has 1 atom stereocenters. The average molecular weight is 310 g/mol. The van der Waals surface area contributed by atoms with Gasteiger partial charge in [-0.2, -0.15) is 0 Å². The number of aryl methyl sites for hydroxylation is 1. The van der Waals surface area contributed by atoms with E-state index in [9.17, 15) is 0 Å². The number of anilines is 1. The van der Waals surface area contributed by atoms with Gasteiger partial charge in [0.2, 0.25) is 0 Å². The topological polar surface area (TPSA) is 15.7 Å². The molecule has 1 unspecified atom stereocenters. The van der Waals surface area contributed by atoms with Crippen LogP contribution >= 0.6 is 0 Å². The van der Waals surface area contributed by atoms with E-state index < -0.39 is 0 Å². The van der Waals surface area contributed by atoms with Gasteiger partial charge in [0.15, 0.2) is 0 Å². The molecule has 1 saturated heterocycles. The Morgan fingerprint density at radius 3 is 2.57 bits per heavy atom. The van der Waals surface area contributed by atoms with Crippen molar-refractivity contribution in [2.45, 2.75) is 26.4 Å². The van der Waals surface area contributed by atoms with Crippen molar-refractivity contribution >= 4 is 5.69 Å². The average Bonchev–Trinajstić information content (AvgIpc) is 2.56. The molecule has 0 bridgehead atoms. The van der Waals surface area contributed by atoms with Gasteiger partial charge in [-0.3, -0.25) is 4.90 Å². The van der Waals surface area contributed by atoms with Crippen LogP contribution < -0.4 is 9.64 Å². The summed E-state index contributed by atoms with van der Waals surface area (Å²) in [6.07, 6.45) is 0. The zero-order valence-corrected chi connectivity index (χ0v) is 14.3. The zero-order chi connectivity index (χ0) is 16.2. The molecule has 0 aliphatic carbocycles. The van der Waals surface area contributed by atoms with E-state index in [1.807, 2.05) is 6.07 Å². The number of hydrogen-bond donors (Lipinski definition) is 0. The van der Waals surface area contributed by atoms with Crippen molar-refractivity contribution in [3.8, 4) is 5.75 Å². The Morgan fingerprint density at radius 1 is 1.09 bits per heavy atom. The molecule has 122 valence electrons. The summed E-state index contributed by atoms with van der Waals surface area (Å²) in [6, 6.07) is 17.8. The minimum atomic E-state index is 0.525. The van der Waals surface area contributed by atoms with E-state index >= 15 is 0 Å². The predicted octanol–water partition coefficient (Wildman–Crippen LogP) is 3.71. The van der Waals surface area contributed by atoms with Crippen molar-refractivity contribution in [1.82, 2.24) is 4.90 Å². The highest BCUT2D eigenvalue weighted by atomic mass is 16.5. The standard InChI is InChI=1S/C20H26N2O/c1-16-7-9-19(10-8-16)22-12-11-21(14-17(22)2)15-18-5-4-6-20(13-18)23-3/h4-10,13,17H,11-12,14-15H2,1-3H3. The number of piperazine rings is 1. The molecule has 3 rings (SSSR count). The lowest BCUT2D eigenvalue weighted by atomic mass is 10.1. The van der Waals surface area contributed by atoms with Gasteiger partial charge in [0, 0.05) is 37.9 Å². The minimum Gasteiger partial charge on any atom is -0.497 e. The summed E-state index contributed by atoms with van der Waals surface area (Å²) in [5.41, 5.74) is 3.97. The van der Waals surface area contributed by atoms with Gasteiger partial charge < -0.3 is 9.64 Å². The third-order valence-electron chi connectivity index (χ3n) is 4.62. The molecule has 3 nitrogen and oxygen atoms in total. The Labute approximate surface area is 139 Å². The first-order valence-corrected chi connectivity index (χ1v) is 8.34. The SMILES string of the molecule is COc1cccc(CN2CCN(c3ccc(C)cc3)C(C)C2)c1. The van der Waals surface area contributed by atoms with Crippen molar-refractivity contribution in [1.29, 1.82) is 0 Å². The number of benzene rings is 2. The molecular formula is C20H26N2O. The summed E-state index contributed by atoms with van der Waals surface area (Å²) in [7, 11) is 1.72. The van der Waals surface area contributed by atoms with Crippen LogP contribution in [0.15, 0.2) is 48.5 Å². The van der Waals surface area contributed by atoms with Gasteiger partial charge in [-0.05, 0) is 43.7 Å². The summed E-state index contributed by atoms with van der Waals surface area (Å²) in [4.78, 5) is 5.05. The van der Waals surface area contributed by atoms with Crippen LogP contribution in [-0.2, 0) is 6.54 Å². The van der Waals surface area contributed by atoms with Gasteiger partial charge >= 0.3 is 0 Å². The fourth-order valence-electron chi connectivity index (χ4n) is 3.33. The van der Waals surface area contributed by atoms with Crippen LogP contribution in [0.4, 0.5) is 5.69 Å². The number of hydrogen-bond acceptors (Lipinski definition) is 3. The molecule has 1 heterocycles. The second-order valence-corrected chi connectivity index (χ2v) is 6.46. The monoisotopic (exact) mass is 310 g/mol. The van der Waals surface area contributed by atoms with Gasteiger partial charge in [-0.1, -0.05) is 29.8 Å². The lowest BCUT2D eigenvalue weighted by Crippen LogP contribution is -2.51. The van der Waals surface area contributed by atoms with Crippen molar-refractivity contribution in [2.24, 2.45) is 0 Å². The third-order valence-corrected chi connectivity index (χ3v) is 4.62. The third kappa shape index (κ3) is 3.85. The fraction of sp³-hybridized carbons (Fsp3) is 0.400. The first-order chi connectivity index (χ1) is 11.2. The van der Waals surface area contributed by atoms with E-state index in [4.69, 9.17) is 4.74 Å². The second kappa shape index (κ2) is 7.05. The van der Waals surface area contributed by atoms with E-state index in [-0.39, 0.29) is 0 Å². The molecule has 0 saturated carbocycles. The molecule has 3 heteroatoms. The Hall–Kier alpha value is -2.00. The van der Waals surface area contributed by atoms with Crippen LogP contribution in [0.2, 0.25) is 0 Å². The molecule has 1 fully saturated rings. The van der Waals surface area contributed by atoms with E-state index in [0.717, 1.165) is 31.9 Å². The van der Waals surface area contributed by atoms with Crippen molar-refractivity contribution in [3.05, 3.63) is 59.7 Å². The molecule has 2 aromatic carbocycles. The molecule has 0 amide bonds. The highest BCUT2D eigenvalue weighted by Crippen LogP contribution is 2.22. The molecule has 0 radical (unpaired) electrons. The largest absolute Gasteiger partial charge is 0.497 e. The quantitative estimate of drug-likeness (QED) is 0.856. The maximum Gasteiger partial charge on any atom is 0.119 e. The maximum absolute atomic E-state index is 5.32. The highest BCUT2D eigenvalue weighted by molar-refractivity contribution is 5.49. The van der Waals surface area contributed by atoms with E-state index in [1.165, 1.54) is 16.8 Å². The van der Waals surface area contributed by atoms with Gasteiger partial charge in [0.05, 0.1) is 7.11 Å². The molecule has 0 N–H and O–H groups in total. The Morgan fingerprint density at radius 2 is 1.87 bits per heavy atom. The van der Waals surface area contributed by atoms with Gasteiger partial charge in [0.1, 0.15) is 5.75 Å².